The molecule has 0 radical (unpaired) electrons. The van der Waals surface area contributed by atoms with Crippen molar-refractivity contribution in [3.8, 4) is 0 Å². The van der Waals surface area contributed by atoms with Crippen molar-refractivity contribution in [3.63, 3.8) is 0 Å². The molecule has 2 rings (SSSR count). The minimum Gasteiger partial charge on any atom is -0.326 e. The highest BCUT2D eigenvalue weighted by molar-refractivity contribution is 4.85. The molecule has 1 heterocycles. The van der Waals surface area contributed by atoms with Gasteiger partial charge in [0, 0.05) is 19.1 Å². The second-order valence-electron chi connectivity index (χ2n) is 6.40. The minimum absolute atomic E-state index is 0.375. The van der Waals surface area contributed by atoms with Crippen molar-refractivity contribution >= 4 is 0 Å². The molecular weight excluding hydrogens is 208 g/mol. The lowest BCUT2D eigenvalue weighted by atomic mass is 9.75. The summed E-state index contributed by atoms with van der Waals surface area (Å²) >= 11 is 0. The Labute approximate surface area is 107 Å². The second-order valence-corrected chi connectivity index (χ2v) is 6.40. The Bertz CT molecular complexity index is 227. The molecule has 2 heteroatoms. The molecule has 2 nitrogen and oxygen atoms in total. The van der Waals surface area contributed by atoms with Crippen LogP contribution in [0.4, 0.5) is 0 Å². The number of nitrogens with two attached hydrogens (primary N) is 1. The topological polar surface area (TPSA) is 29.3 Å². The van der Waals surface area contributed by atoms with E-state index in [-0.39, 0.29) is 0 Å². The molecule has 4 atom stereocenters. The van der Waals surface area contributed by atoms with Gasteiger partial charge in [0.25, 0.3) is 0 Å². The third-order valence-electron chi connectivity index (χ3n) is 5.22. The molecule has 1 aliphatic carbocycles. The Balaban J connectivity index is 1.79. The van der Waals surface area contributed by atoms with E-state index in [0.29, 0.717) is 12.0 Å². The fourth-order valence-corrected chi connectivity index (χ4v) is 3.62. The first-order valence-electron chi connectivity index (χ1n) is 7.68. The van der Waals surface area contributed by atoms with E-state index >= 15 is 0 Å². The van der Waals surface area contributed by atoms with E-state index in [1.165, 1.54) is 51.6 Å². The standard InChI is InChI=1S/C15H30N2/c1-3-12(2)15(16)11-17-9-8-13-6-4-5-7-14(13)10-17/h12-15H,3-11,16H2,1-2H3/t12-,13+,14-,15-/m1/s1. The molecule has 0 spiro atoms. The summed E-state index contributed by atoms with van der Waals surface area (Å²) in [5.41, 5.74) is 6.28. The van der Waals surface area contributed by atoms with E-state index in [2.05, 4.69) is 18.7 Å². The average Bonchev–Trinajstić information content (AvgIpc) is 2.37. The summed E-state index contributed by atoms with van der Waals surface area (Å²) in [5.74, 6) is 2.69. The number of fused-ring (bicyclic) bond motifs is 1. The summed E-state index contributed by atoms with van der Waals surface area (Å²) < 4.78 is 0. The summed E-state index contributed by atoms with van der Waals surface area (Å²) in [6, 6.07) is 0.375. The van der Waals surface area contributed by atoms with Crippen molar-refractivity contribution < 1.29 is 0 Å². The average molecular weight is 238 g/mol. The predicted molar refractivity (Wildman–Crippen MR) is 73.9 cm³/mol. The highest BCUT2D eigenvalue weighted by Crippen LogP contribution is 2.36. The molecule has 2 fully saturated rings. The van der Waals surface area contributed by atoms with E-state index in [0.717, 1.165) is 18.4 Å². The van der Waals surface area contributed by atoms with Gasteiger partial charge in [-0.15, -0.1) is 0 Å². The second kappa shape index (κ2) is 6.19. The fourth-order valence-electron chi connectivity index (χ4n) is 3.62. The molecule has 0 unspecified atom stereocenters. The lowest BCUT2D eigenvalue weighted by Crippen LogP contribution is -2.48. The van der Waals surface area contributed by atoms with Gasteiger partial charge in [-0.2, -0.15) is 0 Å². The van der Waals surface area contributed by atoms with Crippen LogP contribution in [0.25, 0.3) is 0 Å². The van der Waals surface area contributed by atoms with Gasteiger partial charge in [0.2, 0.25) is 0 Å². The molecule has 0 aromatic rings. The summed E-state index contributed by atoms with van der Waals surface area (Å²) in [7, 11) is 0. The first-order valence-corrected chi connectivity index (χ1v) is 7.68. The summed E-state index contributed by atoms with van der Waals surface area (Å²) in [5, 5.41) is 0. The molecular formula is C15H30N2. The van der Waals surface area contributed by atoms with Crippen molar-refractivity contribution in [2.75, 3.05) is 19.6 Å². The Morgan fingerprint density at radius 1 is 1.18 bits per heavy atom. The van der Waals surface area contributed by atoms with E-state index in [4.69, 9.17) is 5.73 Å². The molecule has 2 aliphatic rings. The van der Waals surface area contributed by atoms with Crippen LogP contribution in [0.1, 0.15) is 52.4 Å². The van der Waals surface area contributed by atoms with E-state index in [1.54, 1.807) is 0 Å². The molecule has 1 saturated carbocycles. The molecule has 1 saturated heterocycles. The van der Waals surface area contributed by atoms with Gasteiger partial charge in [-0.05, 0) is 37.1 Å². The van der Waals surface area contributed by atoms with Gasteiger partial charge in [-0.1, -0.05) is 39.5 Å². The van der Waals surface area contributed by atoms with Crippen LogP contribution >= 0.6 is 0 Å². The number of hydrogen-bond acceptors (Lipinski definition) is 2. The number of piperidine rings is 1. The normalized spacial score (nSPS) is 34.1. The van der Waals surface area contributed by atoms with Crippen LogP contribution in [0, 0.1) is 17.8 Å². The molecule has 1 aliphatic heterocycles. The van der Waals surface area contributed by atoms with Crippen LogP contribution in [0.15, 0.2) is 0 Å². The van der Waals surface area contributed by atoms with Crippen LogP contribution in [-0.2, 0) is 0 Å². The van der Waals surface area contributed by atoms with Gasteiger partial charge in [0.1, 0.15) is 0 Å². The van der Waals surface area contributed by atoms with Crippen molar-refractivity contribution in [3.05, 3.63) is 0 Å². The van der Waals surface area contributed by atoms with Crippen LogP contribution in [0.5, 0.6) is 0 Å². The summed E-state index contributed by atoms with van der Waals surface area (Å²) in [6.45, 7) is 8.29. The van der Waals surface area contributed by atoms with Crippen LogP contribution in [0.3, 0.4) is 0 Å². The number of nitrogens with zero attached hydrogens (tertiary/aromatic N) is 1. The number of hydrogen-bond donors (Lipinski definition) is 1. The number of likely N-dealkylation sites (tertiary alicyclic amines) is 1. The monoisotopic (exact) mass is 238 g/mol. The maximum atomic E-state index is 6.28. The maximum Gasteiger partial charge on any atom is 0.0193 e. The van der Waals surface area contributed by atoms with Gasteiger partial charge in [0.15, 0.2) is 0 Å². The SMILES string of the molecule is CC[C@@H](C)[C@H](N)CN1CC[C@@H]2CCCC[C@@H]2C1. The van der Waals surface area contributed by atoms with Crippen molar-refractivity contribution in [2.24, 2.45) is 23.5 Å². The van der Waals surface area contributed by atoms with Gasteiger partial charge in [-0.25, -0.2) is 0 Å². The molecule has 2 N–H and O–H groups in total. The van der Waals surface area contributed by atoms with Gasteiger partial charge >= 0.3 is 0 Å². The van der Waals surface area contributed by atoms with E-state index < -0.39 is 0 Å². The van der Waals surface area contributed by atoms with Gasteiger partial charge in [0.05, 0.1) is 0 Å². The third-order valence-corrected chi connectivity index (χ3v) is 5.22. The zero-order valence-corrected chi connectivity index (χ0v) is 11.7. The van der Waals surface area contributed by atoms with Gasteiger partial charge < -0.3 is 10.6 Å². The number of rotatable bonds is 4. The third kappa shape index (κ3) is 3.45. The lowest BCUT2D eigenvalue weighted by molar-refractivity contribution is 0.0785. The molecule has 17 heavy (non-hydrogen) atoms. The summed E-state index contributed by atoms with van der Waals surface area (Å²) in [6.07, 6.45) is 8.55. The maximum absolute atomic E-state index is 6.28. The first-order chi connectivity index (χ1) is 8.20. The molecule has 0 amide bonds. The highest BCUT2D eigenvalue weighted by atomic mass is 15.1. The lowest BCUT2D eigenvalue weighted by Gasteiger charge is -2.42. The minimum atomic E-state index is 0.375. The van der Waals surface area contributed by atoms with Gasteiger partial charge in [-0.3, -0.25) is 0 Å². The zero-order chi connectivity index (χ0) is 12.3. The smallest absolute Gasteiger partial charge is 0.0193 e. The van der Waals surface area contributed by atoms with Crippen LogP contribution < -0.4 is 5.73 Å². The van der Waals surface area contributed by atoms with Crippen LogP contribution in [-0.4, -0.2) is 30.6 Å². The van der Waals surface area contributed by atoms with Crippen LogP contribution in [0.2, 0.25) is 0 Å². The van der Waals surface area contributed by atoms with Crippen molar-refractivity contribution in [1.29, 1.82) is 0 Å². The van der Waals surface area contributed by atoms with E-state index in [9.17, 15) is 0 Å². The summed E-state index contributed by atoms with van der Waals surface area (Å²) in [4.78, 5) is 2.64. The molecule has 0 aromatic heterocycles. The van der Waals surface area contributed by atoms with E-state index in [1.807, 2.05) is 0 Å². The Kier molecular flexibility index (Phi) is 4.87. The first kappa shape index (κ1) is 13.4. The highest BCUT2D eigenvalue weighted by Gasteiger charge is 2.31. The molecule has 100 valence electrons. The zero-order valence-electron chi connectivity index (χ0n) is 11.7. The Morgan fingerprint density at radius 3 is 2.59 bits per heavy atom. The Morgan fingerprint density at radius 2 is 1.88 bits per heavy atom. The largest absolute Gasteiger partial charge is 0.326 e. The Hall–Kier alpha value is -0.0800. The fraction of sp³-hybridized carbons (Fsp3) is 1.00. The van der Waals surface area contributed by atoms with Crippen molar-refractivity contribution in [1.82, 2.24) is 4.90 Å². The predicted octanol–water partition coefficient (Wildman–Crippen LogP) is 2.87. The molecule has 0 aromatic carbocycles. The molecule has 0 bridgehead atoms. The van der Waals surface area contributed by atoms with Crippen molar-refractivity contribution in [2.45, 2.75) is 58.4 Å². The quantitative estimate of drug-likeness (QED) is 0.816.